The van der Waals surface area contributed by atoms with E-state index in [0.717, 1.165) is 0 Å². The molecule has 1 rings (SSSR count). The number of hydrogen-bond acceptors (Lipinski definition) is 2. The van der Waals surface area contributed by atoms with Gasteiger partial charge >= 0.3 is 6.03 Å². The highest BCUT2D eigenvalue weighted by Crippen LogP contribution is 2.02. The quantitative estimate of drug-likeness (QED) is 0.724. The molecular weight excluding hydrogens is 180 g/mol. The van der Waals surface area contributed by atoms with E-state index >= 15 is 0 Å². The summed E-state index contributed by atoms with van der Waals surface area (Å²) in [5, 5.41) is 2.98. The Morgan fingerprint density at radius 3 is 2.36 bits per heavy atom. The lowest BCUT2D eigenvalue weighted by molar-refractivity contribution is 0.0522. The van der Waals surface area contributed by atoms with Crippen molar-refractivity contribution >= 4 is 6.03 Å². The molecule has 4 nitrogen and oxygen atoms in total. The second-order valence-electron chi connectivity index (χ2n) is 4.08. The number of rotatable bonds is 2. The van der Waals surface area contributed by atoms with Crippen LogP contribution < -0.4 is 5.32 Å². The molecule has 0 aromatic rings. The number of nitrogens with one attached hydrogen (secondary N) is 1. The zero-order valence-electron chi connectivity index (χ0n) is 9.25. The Morgan fingerprint density at radius 2 is 1.86 bits per heavy atom. The minimum Gasteiger partial charge on any atom is -0.378 e. The van der Waals surface area contributed by atoms with Crippen LogP contribution in [-0.2, 0) is 4.74 Å². The van der Waals surface area contributed by atoms with E-state index in [9.17, 15) is 4.79 Å². The first-order valence-electron chi connectivity index (χ1n) is 5.24. The summed E-state index contributed by atoms with van der Waals surface area (Å²) in [7, 11) is 0. The second kappa shape index (κ2) is 5.20. The molecule has 0 bridgehead atoms. The topological polar surface area (TPSA) is 41.6 Å². The number of carbonyl (C=O) groups excluding carboxylic acids is 1. The van der Waals surface area contributed by atoms with Gasteiger partial charge in [0.1, 0.15) is 0 Å². The van der Waals surface area contributed by atoms with Gasteiger partial charge in [-0.25, -0.2) is 4.79 Å². The summed E-state index contributed by atoms with van der Waals surface area (Å²) in [6.07, 6.45) is 0. The Kier molecular flexibility index (Phi) is 4.20. The maximum Gasteiger partial charge on any atom is 0.317 e. The molecule has 0 aliphatic carbocycles. The van der Waals surface area contributed by atoms with E-state index in [-0.39, 0.29) is 12.1 Å². The highest BCUT2D eigenvalue weighted by molar-refractivity contribution is 5.74. The molecule has 14 heavy (non-hydrogen) atoms. The van der Waals surface area contributed by atoms with Gasteiger partial charge in [0.2, 0.25) is 0 Å². The molecule has 0 spiro atoms. The Labute approximate surface area is 85.6 Å². The third kappa shape index (κ3) is 3.18. The summed E-state index contributed by atoms with van der Waals surface area (Å²) < 4.78 is 5.18. The average Bonchev–Trinajstić information content (AvgIpc) is 2.19. The lowest BCUT2D eigenvalue weighted by atomic mass is 10.1. The normalized spacial score (nSPS) is 19.6. The highest BCUT2D eigenvalue weighted by atomic mass is 16.5. The highest BCUT2D eigenvalue weighted by Gasteiger charge is 2.18. The first kappa shape index (κ1) is 11.3. The summed E-state index contributed by atoms with van der Waals surface area (Å²) in [4.78, 5) is 13.5. The standard InChI is InChI=1S/C10H20N2O2/c1-8(2)9(3)11-10(13)12-4-6-14-7-5-12/h8-9H,4-7H2,1-3H3,(H,11,13)/t9-/m1/s1. The Hall–Kier alpha value is -0.770. The molecule has 0 radical (unpaired) electrons. The number of nitrogens with zero attached hydrogens (tertiary/aromatic N) is 1. The summed E-state index contributed by atoms with van der Waals surface area (Å²) in [6, 6.07) is 0.264. The van der Waals surface area contributed by atoms with Gasteiger partial charge in [0, 0.05) is 19.1 Å². The molecule has 4 heteroatoms. The average molecular weight is 200 g/mol. The van der Waals surface area contributed by atoms with E-state index in [1.54, 1.807) is 0 Å². The maximum absolute atomic E-state index is 11.7. The fourth-order valence-corrected chi connectivity index (χ4v) is 1.22. The SMILES string of the molecule is CC(C)[C@@H](C)NC(=O)N1CCOCC1. The van der Waals surface area contributed by atoms with E-state index in [2.05, 4.69) is 19.2 Å². The molecule has 0 aromatic carbocycles. The molecule has 1 saturated heterocycles. The van der Waals surface area contributed by atoms with E-state index in [1.807, 2.05) is 11.8 Å². The van der Waals surface area contributed by atoms with Crippen LogP contribution in [0.4, 0.5) is 4.79 Å². The molecule has 1 aliphatic heterocycles. The number of hydrogen-bond donors (Lipinski definition) is 1. The van der Waals surface area contributed by atoms with E-state index in [4.69, 9.17) is 4.74 Å². The van der Waals surface area contributed by atoms with Crippen molar-refractivity contribution in [2.45, 2.75) is 26.8 Å². The summed E-state index contributed by atoms with van der Waals surface area (Å²) >= 11 is 0. The molecule has 2 amide bonds. The molecule has 1 N–H and O–H groups in total. The van der Waals surface area contributed by atoms with Crippen molar-refractivity contribution in [3.05, 3.63) is 0 Å². The number of morpholine rings is 1. The zero-order valence-corrected chi connectivity index (χ0v) is 9.25. The monoisotopic (exact) mass is 200 g/mol. The van der Waals surface area contributed by atoms with Gasteiger partial charge in [-0.05, 0) is 12.8 Å². The minimum absolute atomic E-state index is 0.0366. The van der Waals surface area contributed by atoms with Crippen molar-refractivity contribution in [2.75, 3.05) is 26.3 Å². The lowest BCUT2D eigenvalue weighted by Crippen LogP contribution is -2.49. The van der Waals surface area contributed by atoms with Crippen LogP contribution in [-0.4, -0.2) is 43.3 Å². The first-order valence-corrected chi connectivity index (χ1v) is 5.24. The molecule has 1 fully saturated rings. The minimum atomic E-state index is 0.0366. The molecule has 0 unspecified atom stereocenters. The van der Waals surface area contributed by atoms with Crippen molar-refractivity contribution < 1.29 is 9.53 Å². The fourth-order valence-electron chi connectivity index (χ4n) is 1.22. The molecule has 1 heterocycles. The smallest absolute Gasteiger partial charge is 0.317 e. The predicted molar refractivity (Wildman–Crippen MR) is 55.2 cm³/mol. The summed E-state index contributed by atoms with van der Waals surface area (Å²) in [5.41, 5.74) is 0. The number of carbonyl (C=O) groups is 1. The van der Waals surface area contributed by atoms with Gasteiger partial charge < -0.3 is 15.0 Å². The van der Waals surface area contributed by atoms with Crippen molar-refractivity contribution in [2.24, 2.45) is 5.92 Å². The molecular formula is C10H20N2O2. The van der Waals surface area contributed by atoms with Crippen molar-refractivity contribution in [3.8, 4) is 0 Å². The van der Waals surface area contributed by atoms with Crippen LogP contribution in [0.1, 0.15) is 20.8 Å². The summed E-state index contributed by atoms with van der Waals surface area (Å²) in [6.45, 7) is 8.96. The van der Waals surface area contributed by atoms with Crippen molar-refractivity contribution in [1.82, 2.24) is 10.2 Å². The van der Waals surface area contributed by atoms with Crippen molar-refractivity contribution in [1.29, 1.82) is 0 Å². The number of ether oxygens (including phenoxy) is 1. The van der Waals surface area contributed by atoms with Crippen molar-refractivity contribution in [3.63, 3.8) is 0 Å². The van der Waals surface area contributed by atoms with Crippen LogP contribution >= 0.6 is 0 Å². The van der Waals surface area contributed by atoms with Crippen LogP contribution in [0.5, 0.6) is 0 Å². The third-order valence-electron chi connectivity index (χ3n) is 2.65. The number of amides is 2. The number of urea groups is 1. The van der Waals surface area contributed by atoms with Gasteiger partial charge in [0.25, 0.3) is 0 Å². The van der Waals surface area contributed by atoms with Crippen LogP contribution in [0.15, 0.2) is 0 Å². The Balaban J connectivity index is 2.33. The van der Waals surface area contributed by atoms with E-state index in [0.29, 0.717) is 32.2 Å². The van der Waals surface area contributed by atoms with Crippen LogP contribution in [0.25, 0.3) is 0 Å². The first-order chi connectivity index (χ1) is 6.61. The van der Waals surface area contributed by atoms with Gasteiger partial charge in [-0.15, -0.1) is 0 Å². The maximum atomic E-state index is 11.7. The second-order valence-corrected chi connectivity index (χ2v) is 4.08. The molecule has 1 atom stereocenters. The van der Waals surface area contributed by atoms with E-state index < -0.39 is 0 Å². The van der Waals surface area contributed by atoms with Crippen LogP contribution in [0.3, 0.4) is 0 Å². The van der Waals surface area contributed by atoms with Gasteiger partial charge in [0.05, 0.1) is 13.2 Å². The predicted octanol–water partition coefficient (Wildman–Crippen LogP) is 1.07. The van der Waals surface area contributed by atoms with Gasteiger partial charge in [-0.3, -0.25) is 0 Å². The van der Waals surface area contributed by atoms with Crippen LogP contribution in [0.2, 0.25) is 0 Å². The fraction of sp³-hybridized carbons (Fsp3) is 0.900. The van der Waals surface area contributed by atoms with Gasteiger partial charge in [-0.2, -0.15) is 0 Å². The largest absolute Gasteiger partial charge is 0.378 e. The third-order valence-corrected chi connectivity index (χ3v) is 2.65. The Bertz CT molecular complexity index is 189. The van der Waals surface area contributed by atoms with E-state index in [1.165, 1.54) is 0 Å². The summed E-state index contributed by atoms with van der Waals surface area (Å²) in [5.74, 6) is 0.472. The lowest BCUT2D eigenvalue weighted by Gasteiger charge is -2.29. The molecule has 0 aromatic heterocycles. The van der Waals surface area contributed by atoms with Crippen LogP contribution in [0, 0.1) is 5.92 Å². The molecule has 82 valence electrons. The van der Waals surface area contributed by atoms with Gasteiger partial charge in [-0.1, -0.05) is 13.8 Å². The molecule has 0 saturated carbocycles. The van der Waals surface area contributed by atoms with Gasteiger partial charge in [0.15, 0.2) is 0 Å². The Morgan fingerprint density at radius 1 is 1.29 bits per heavy atom. The zero-order chi connectivity index (χ0) is 10.6. The molecule has 1 aliphatic rings.